The number of hydrogen-bond donors (Lipinski definition) is 1. The number of ether oxygens (including phenoxy) is 1. The number of benzene rings is 1. The molecule has 0 radical (unpaired) electrons. The van der Waals surface area contributed by atoms with Gasteiger partial charge in [-0.25, -0.2) is 0 Å². The first kappa shape index (κ1) is 11.3. The summed E-state index contributed by atoms with van der Waals surface area (Å²) in [6.45, 7) is 5.34. The van der Waals surface area contributed by atoms with Crippen LogP contribution in [0.5, 0.6) is 5.75 Å². The highest BCUT2D eigenvalue weighted by Gasteiger charge is 2.20. The Morgan fingerprint density at radius 1 is 1.44 bits per heavy atom. The largest absolute Gasteiger partial charge is 0.491 e. The van der Waals surface area contributed by atoms with Gasteiger partial charge in [-0.05, 0) is 44.2 Å². The second-order valence-corrected chi connectivity index (χ2v) is 4.69. The molecule has 16 heavy (non-hydrogen) atoms. The third-order valence-electron chi connectivity index (χ3n) is 3.04. The van der Waals surface area contributed by atoms with Crippen molar-refractivity contribution in [2.75, 3.05) is 11.9 Å². The second-order valence-electron chi connectivity index (χ2n) is 4.69. The summed E-state index contributed by atoms with van der Waals surface area (Å²) >= 11 is 0. The molecular weight excluding hydrogens is 198 g/mol. The average Bonchev–Trinajstić information content (AvgIpc) is 3.10. The Bertz CT molecular complexity index is 333. The van der Waals surface area contributed by atoms with Crippen LogP contribution in [0.25, 0.3) is 0 Å². The molecule has 2 nitrogen and oxygen atoms in total. The van der Waals surface area contributed by atoms with Crippen LogP contribution in [-0.2, 0) is 0 Å². The molecule has 1 N–H and O–H groups in total. The summed E-state index contributed by atoms with van der Waals surface area (Å²) in [7, 11) is 0. The van der Waals surface area contributed by atoms with Gasteiger partial charge < -0.3 is 10.1 Å². The van der Waals surface area contributed by atoms with Crippen LogP contribution in [0.3, 0.4) is 0 Å². The van der Waals surface area contributed by atoms with E-state index in [1.807, 2.05) is 12.1 Å². The van der Waals surface area contributed by atoms with Crippen molar-refractivity contribution in [3.63, 3.8) is 0 Å². The van der Waals surface area contributed by atoms with Crippen molar-refractivity contribution in [2.45, 2.75) is 39.2 Å². The zero-order valence-corrected chi connectivity index (χ0v) is 10.2. The summed E-state index contributed by atoms with van der Waals surface area (Å²) in [4.78, 5) is 0. The van der Waals surface area contributed by atoms with E-state index in [0.29, 0.717) is 6.10 Å². The summed E-state index contributed by atoms with van der Waals surface area (Å²) in [5, 5.41) is 3.46. The first-order chi connectivity index (χ1) is 7.78. The highest BCUT2D eigenvalue weighted by Crippen LogP contribution is 2.29. The third kappa shape index (κ3) is 3.44. The van der Waals surface area contributed by atoms with Crippen LogP contribution in [0.1, 0.15) is 33.1 Å². The van der Waals surface area contributed by atoms with Crippen molar-refractivity contribution in [1.29, 1.82) is 0 Å². The van der Waals surface area contributed by atoms with Gasteiger partial charge >= 0.3 is 0 Å². The predicted molar refractivity (Wildman–Crippen MR) is 68.0 cm³/mol. The smallest absolute Gasteiger partial charge is 0.121 e. The topological polar surface area (TPSA) is 21.3 Å². The van der Waals surface area contributed by atoms with E-state index in [-0.39, 0.29) is 0 Å². The lowest BCUT2D eigenvalue weighted by atomic mass is 10.2. The van der Waals surface area contributed by atoms with Crippen LogP contribution < -0.4 is 10.1 Å². The second kappa shape index (κ2) is 5.24. The summed E-state index contributed by atoms with van der Waals surface area (Å²) < 4.78 is 5.79. The van der Waals surface area contributed by atoms with Crippen LogP contribution in [0.2, 0.25) is 0 Å². The van der Waals surface area contributed by atoms with Gasteiger partial charge in [-0.15, -0.1) is 0 Å². The van der Waals surface area contributed by atoms with E-state index in [2.05, 4.69) is 31.3 Å². The van der Waals surface area contributed by atoms with E-state index in [1.54, 1.807) is 0 Å². The van der Waals surface area contributed by atoms with Crippen LogP contribution in [0.4, 0.5) is 5.69 Å². The molecule has 1 aromatic rings. The van der Waals surface area contributed by atoms with Crippen molar-refractivity contribution in [3.05, 3.63) is 24.3 Å². The van der Waals surface area contributed by atoms with Crippen molar-refractivity contribution in [2.24, 2.45) is 5.92 Å². The standard InChI is InChI=1S/C14H21NO/c1-3-11(2)16-14-6-4-5-13(9-14)15-10-12-7-8-12/h4-6,9,11-12,15H,3,7-8,10H2,1-2H3. The summed E-state index contributed by atoms with van der Waals surface area (Å²) in [6.07, 6.45) is 4.10. The van der Waals surface area contributed by atoms with E-state index in [0.717, 1.165) is 24.6 Å². The fourth-order valence-corrected chi connectivity index (χ4v) is 1.58. The Morgan fingerprint density at radius 3 is 2.94 bits per heavy atom. The van der Waals surface area contributed by atoms with Gasteiger partial charge in [0.2, 0.25) is 0 Å². The van der Waals surface area contributed by atoms with Gasteiger partial charge in [0.25, 0.3) is 0 Å². The third-order valence-corrected chi connectivity index (χ3v) is 3.04. The van der Waals surface area contributed by atoms with Crippen molar-refractivity contribution >= 4 is 5.69 Å². The Labute approximate surface area is 98.0 Å². The molecule has 2 rings (SSSR count). The van der Waals surface area contributed by atoms with Gasteiger partial charge in [-0.1, -0.05) is 13.0 Å². The Hall–Kier alpha value is -1.18. The van der Waals surface area contributed by atoms with Gasteiger partial charge in [-0.3, -0.25) is 0 Å². The molecule has 2 heteroatoms. The van der Waals surface area contributed by atoms with Crippen molar-refractivity contribution < 1.29 is 4.74 Å². The SMILES string of the molecule is CCC(C)Oc1cccc(NCC2CC2)c1. The Morgan fingerprint density at radius 2 is 2.25 bits per heavy atom. The molecule has 1 atom stereocenters. The summed E-state index contributed by atoms with van der Waals surface area (Å²) in [6, 6.07) is 8.27. The molecule has 1 aliphatic rings. The number of hydrogen-bond acceptors (Lipinski definition) is 2. The van der Waals surface area contributed by atoms with Crippen LogP contribution in [-0.4, -0.2) is 12.6 Å². The molecule has 1 saturated carbocycles. The van der Waals surface area contributed by atoms with Gasteiger partial charge in [0, 0.05) is 18.3 Å². The lowest BCUT2D eigenvalue weighted by Gasteiger charge is -2.13. The minimum absolute atomic E-state index is 0.290. The van der Waals surface area contributed by atoms with Crippen LogP contribution in [0.15, 0.2) is 24.3 Å². The lowest BCUT2D eigenvalue weighted by molar-refractivity contribution is 0.217. The number of rotatable bonds is 6. The van der Waals surface area contributed by atoms with Gasteiger partial charge in [0.15, 0.2) is 0 Å². The van der Waals surface area contributed by atoms with Crippen LogP contribution >= 0.6 is 0 Å². The van der Waals surface area contributed by atoms with E-state index < -0.39 is 0 Å². The fraction of sp³-hybridized carbons (Fsp3) is 0.571. The Balaban J connectivity index is 1.89. The molecule has 1 fully saturated rings. The fourth-order valence-electron chi connectivity index (χ4n) is 1.58. The quantitative estimate of drug-likeness (QED) is 0.788. The molecule has 0 saturated heterocycles. The van der Waals surface area contributed by atoms with Gasteiger partial charge in [0.05, 0.1) is 6.10 Å². The molecule has 1 unspecified atom stereocenters. The van der Waals surface area contributed by atoms with Gasteiger partial charge in [-0.2, -0.15) is 0 Å². The lowest BCUT2D eigenvalue weighted by Crippen LogP contribution is -2.10. The van der Waals surface area contributed by atoms with E-state index in [1.165, 1.54) is 18.5 Å². The average molecular weight is 219 g/mol. The molecule has 88 valence electrons. The van der Waals surface area contributed by atoms with Crippen molar-refractivity contribution in [3.8, 4) is 5.75 Å². The molecule has 1 aromatic carbocycles. The maximum Gasteiger partial charge on any atom is 0.121 e. The van der Waals surface area contributed by atoms with E-state index in [4.69, 9.17) is 4.74 Å². The summed E-state index contributed by atoms with van der Waals surface area (Å²) in [5.74, 6) is 1.87. The molecule has 0 bridgehead atoms. The first-order valence-corrected chi connectivity index (χ1v) is 6.28. The highest BCUT2D eigenvalue weighted by atomic mass is 16.5. The maximum atomic E-state index is 5.79. The van der Waals surface area contributed by atoms with E-state index in [9.17, 15) is 0 Å². The number of nitrogens with one attached hydrogen (secondary N) is 1. The van der Waals surface area contributed by atoms with Crippen molar-refractivity contribution in [1.82, 2.24) is 0 Å². The summed E-state index contributed by atoms with van der Waals surface area (Å²) in [5.41, 5.74) is 1.17. The minimum atomic E-state index is 0.290. The first-order valence-electron chi connectivity index (χ1n) is 6.28. The molecule has 0 heterocycles. The normalized spacial score (nSPS) is 16.9. The Kier molecular flexibility index (Phi) is 3.70. The molecule has 0 aliphatic heterocycles. The number of anilines is 1. The highest BCUT2D eigenvalue weighted by molar-refractivity contribution is 5.48. The predicted octanol–water partition coefficient (Wildman–Crippen LogP) is 3.69. The minimum Gasteiger partial charge on any atom is -0.491 e. The monoisotopic (exact) mass is 219 g/mol. The molecular formula is C14H21NO. The zero-order valence-electron chi connectivity index (χ0n) is 10.2. The van der Waals surface area contributed by atoms with Crippen LogP contribution in [0, 0.1) is 5.92 Å². The zero-order chi connectivity index (χ0) is 11.4. The van der Waals surface area contributed by atoms with Gasteiger partial charge in [0.1, 0.15) is 5.75 Å². The molecule has 0 aromatic heterocycles. The molecule has 0 spiro atoms. The molecule has 0 amide bonds. The van der Waals surface area contributed by atoms with E-state index >= 15 is 0 Å². The maximum absolute atomic E-state index is 5.79. The molecule has 1 aliphatic carbocycles.